The van der Waals surface area contributed by atoms with Crippen molar-refractivity contribution < 1.29 is 27.8 Å². The van der Waals surface area contributed by atoms with Gasteiger partial charge in [-0.3, -0.25) is 0 Å². The molecule has 0 atom stereocenters. The van der Waals surface area contributed by atoms with Crippen LogP contribution in [0.2, 0.25) is 0 Å². The quantitative estimate of drug-likeness (QED) is 0.601. The van der Waals surface area contributed by atoms with Gasteiger partial charge in [0.2, 0.25) is 0 Å². The number of aliphatic hydroxyl groups is 2. The summed E-state index contributed by atoms with van der Waals surface area (Å²) in [6.07, 6.45) is 7.53. The second-order valence-electron chi connectivity index (χ2n) is 10.9. The minimum Gasteiger partial charge on any atom is -0.393 e. The third-order valence-corrected chi connectivity index (χ3v) is 10.4. The lowest BCUT2D eigenvalue weighted by atomic mass is 9.37. The van der Waals surface area contributed by atoms with E-state index in [0.29, 0.717) is 25.2 Å². The highest BCUT2D eigenvalue weighted by atomic mass is 19.3. The standard InChI is InChI=1S/C22H32F4O2/c23-21(24)19(11-13-20(28,14-12-19)22(21,25)26)18-8-5-17(6-9-18,7-10-18)15-1-3-16(27)4-2-15/h15-16,27-28H,1-14H2. The highest BCUT2D eigenvalue weighted by molar-refractivity contribution is 5.25. The van der Waals surface area contributed by atoms with Crippen molar-refractivity contribution in [3.05, 3.63) is 0 Å². The van der Waals surface area contributed by atoms with Crippen molar-refractivity contribution in [2.24, 2.45) is 22.2 Å². The lowest BCUT2D eigenvalue weighted by molar-refractivity contribution is -0.409. The zero-order valence-electron chi connectivity index (χ0n) is 16.5. The van der Waals surface area contributed by atoms with E-state index in [4.69, 9.17) is 0 Å². The highest BCUT2D eigenvalue weighted by Gasteiger charge is 2.85. The third-order valence-electron chi connectivity index (χ3n) is 10.4. The Morgan fingerprint density at radius 2 is 1.11 bits per heavy atom. The molecule has 0 aromatic heterocycles. The van der Waals surface area contributed by atoms with E-state index in [1.165, 1.54) is 0 Å². The van der Waals surface area contributed by atoms with Crippen molar-refractivity contribution in [2.45, 2.75) is 113 Å². The topological polar surface area (TPSA) is 40.5 Å². The Morgan fingerprint density at radius 3 is 1.61 bits per heavy atom. The van der Waals surface area contributed by atoms with Crippen molar-refractivity contribution in [2.75, 3.05) is 0 Å². The molecule has 0 unspecified atom stereocenters. The first-order valence-electron chi connectivity index (χ1n) is 11.2. The molecule has 7 rings (SSSR count). The van der Waals surface area contributed by atoms with Crippen LogP contribution in [0.15, 0.2) is 0 Å². The Bertz CT molecular complexity index is 620. The number of hydrogen-bond acceptors (Lipinski definition) is 2. The number of halogens is 4. The summed E-state index contributed by atoms with van der Waals surface area (Å²) in [5.74, 6) is -7.94. The summed E-state index contributed by atoms with van der Waals surface area (Å²) >= 11 is 0. The molecular formula is C22H32F4O2. The van der Waals surface area contributed by atoms with E-state index in [9.17, 15) is 19.0 Å². The molecule has 0 aromatic carbocycles. The SMILES string of the molecule is OC1CCC(C23CCC(C45CCC(O)(CC4)C(F)(F)C5(F)F)(CC2)CC3)CC1. The molecule has 4 bridgehead atoms. The first kappa shape index (κ1) is 19.6. The second-order valence-corrected chi connectivity index (χ2v) is 10.9. The van der Waals surface area contributed by atoms with Gasteiger partial charge in [-0.1, -0.05) is 0 Å². The van der Waals surface area contributed by atoms with Crippen LogP contribution in [0.1, 0.15) is 89.9 Å². The zero-order valence-corrected chi connectivity index (χ0v) is 16.5. The average molecular weight is 404 g/mol. The summed E-state index contributed by atoms with van der Waals surface area (Å²) in [6.45, 7) is 0. The number of rotatable bonds is 2. The van der Waals surface area contributed by atoms with Gasteiger partial charge in [0.1, 0.15) is 5.60 Å². The van der Waals surface area contributed by atoms with Crippen LogP contribution in [0.4, 0.5) is 17.6 Å². The van der Waals surface area contributed by atoms with Gasteiger partial charge in [0, 0.05) is 5.41 Å². The van der Waals surface area contributed by atoms with Gasteiger partial charge >= 0.3 is 11.8 Å². The van der Waals surface area contributed by atoms with Crippen molar-refractivity contribution in [1.29, 1.82) is 0 Å². The van der Waals surface area contributed by atoms with E-state index >= 15 is 8.78 Å². The first-order chi connectivity index (χ1) is 13.0. The number of aliphatic hydroxyl groups excluding tert-OH is 1. The summed E-state index contributed by atoms with van der Waals surface area (Å²) in [6, 6.07) is 0. The van der Waals surface area contributed by atoms with Gasteiger partial charge in [0.05, 0.1) is 6.10 Å². The van der Waals surface area contributed by atoms with Crippen LogP contribution in [0, 0.1) is 22.2 Å². The molecule has 0 spiro atoms. The van der Waals surface area contributed by atoms with E-state index < -0.39 is 28.3 Å². The number of hydrogen-bond donors (Lipinski definition) is 2. The molecular weight excluding hydrogens is 372 g/mol. The normalized spacial score (nSPS) is 54.6. The van der Waals surface area contributed by atoms with E-state index in [0.717, 1.165) is 44.9 Å². The van der Waals surface area contributed by atoms with Crippen LogP contribution in [-0.2, 0) is 0 Å². The molecule has 0 saturated heterocycles. The molecule has 2 nitrogen and oxygen atoms in total. The highest BCUT2D eigenvalue weighted by Crippen LogP contribution is 2.78. The Hall–Kier alpha value is -0.360. The van der Waals surface area contributed by atoms with Gasteiger partial charge in [0.15, 0.2) is 0 Å². The second kappa shape index (κ2) is 5.66. The monoisotopic (exact) mass is 404 g/mol. The number of fused-ring (bicyclic) bond motifs is 6. The summed E-state index contributed by atoms with van der Waals surface area (Å²) in [7, 11) is 0. The molecule has 7 aliphatic rings. The van der Waals surface area contributed by atoms with Crippen LogP contribution in [0.3, 0.4) is 0 Å². The van der Waals surface area contributed by atoms with Gasteiger partial charge in [0.25, 0.3) is 0 Å². The fraction of sp³-hybridized carbons (Fsp3) is 1.00. The lowest BCUT2D eigenvalue weighted by Gasteiger charge is -2.70. The largest absolute Gasteiger partial charge is 0.393 e. The molecule has 0 aliphatic heterocycles. The van der Waals surface area contributed by atoms with Gasteiger partial charge in [-0.2, -0.15) is 17.6 Å². The number of alkyl halides is 4. The molecule has 160 valence electrons. The summed E-state index contributed by atoms with van der Waals surface area (Å²) in [5, 5.41) is 20.1. The van der Waals surface area contributed by atoms with Gasteiger partial charge in [-0.05, 0) is 107 Å². The maximum atomic E-state index is 15.4. The fourth-order valence-corrected chi connectivity index (χ4v) is 8.41. The van der Waals surface area contributed by atoms with Gasteiger partial charge in [-0.25, -0.2) is 0 Å². The summed E-state index contributed by atoms with van der Waals surface area (Å²) in [4.78, 5) is 0. The van der Waals surface area contributed by atoms with Crippen molar-refractivity contribution in [3.63, 3.8) is 0 Å². The Morgan fingerprint density at radius 1 is 0.607 bits per heavy atom. The van der Waals surface area contributed by atoms with Crippen molar-refractivity contribution >= 4 is 0 Å². The lowest BCUT2D eigenvalue weighted by Crippen LogP contribution is -2.77. The van der Waals surface area contributed by atoms with Gasteiger partial charge < -0.3 is 10.2 Å². The first-order valence-corrected chi connectivity index (χ1v) is 11.2. The average Bonchev–Trinajstić information content (AvgIpc) is 2.69. The molecule has 7 fully saturated rings. The van der Waals surface area contributed by atoms with Crippen LogP contribution in [0.5, 0.6) is 0 Å². The Labute approximate surface area is 164 Å². The van der Waals surface area contributed by atoms with E-state index in [1.54, 1.807) is 0 Å². The van der Waals surface area contributed by atoms with Crippen molar-refractivity contribution in [3.8, 4) is 0 Å². The van der Waals surface area contributed by atoms with Crippen LogP contribution < -0.4 is 0 Å². The fourth-order valence-electron chi connectivity index (χ4n) is 8.41. The molecule has 6 heteroatoms. The molecule has 0 aromatic rings. The summed E-state index contributed by atoms with van der Waals surface area (Å²) < 4.78 is 60.3. The van der Waals surface area contributed by atoms with Crippen LogP contribution in [0.25, 0.3) is 0 Å². The van der Waals surface area contributed by atoms with Crippen LogP contribution in [-0.4, -0.2) is 33.8 Å². The molecule has 7 saturated carbocycles. The molecule has 7 aliphatic carbocycles. The molecule has 28 heavy (non-hydrogen) atoms. The minimum absolute atomic E-state index is 0.0225. The Balaban J connectivity index is 1.43. The van der Waals surface area contributed by atoms with E-state index in [1.807, 2.05) is 0 Å². The Kier molecular flexibility index (Phi) is 3.96. The maximum Gasteiger partial charge on any atom is 0.338 e. The zero-order chi connectivity index (χ0) is 20.1. The maximum absolute atomic E-state index is 15.4. The smallest absolute Gasteiger partial charge is 0.338 e. The van der Waals surface area contributed by atoms with Crippen molar-refractivity contribution in [1.82, 2.24) is 0 Å². The minimum atomic E-state index is -4.34. The molecule has 2 N–H and O–H groups in total. The van der Waals surface area contributed by atoms with Gasteiger partial charge in [-0.15, -0.1) is 0 Å². The predicted octanol–water partition coefficient (Wildman–Crippen LogP) is 5.45. The predicted molar refractivity (Wildman–Crippen MR) is 96.3 cm³/mol. The molecule has 0 amide bonds. The van der Waals surface area contributed by atoms with E-state index in [-0.39, 0.29) is 37.2 Å². The summed E-state index contributed by atoms with van der Waals surface area (Å²) in [5.41, 5.74) is -4.74. The van der Waals surface area contributed by atoms with E-state index in [2.05, 4.69) is 0 Å². The molecule has 0 radical (unpaired) electrons. The van der Waals surface area contributed by atoms with Crippen LogP contribution >= 0.6 is 0 Å². The molecule has 0 heterocycles. The third kappa shape index (κ3) is 2.07.